The van der Waals surface area contributed by atoms with Crippen LogP contribution in [0, 0.1) is 11.7 Å². The number of hydrogen-bond acceptors (Lipinski definition) is 5. The molecule has 0 aromatic heterocycles. The molecule has 3 N–H and O–H groups in total. The lowest BCUT2D eigenvalue weighted by Crippen LogP contribution is -2.42. The molecular formula is C27H46FN5O4. The maximum Gasteiger partial charge on any atom is 0.242 e. The number of nitrogens with zero attached hydrogens (tertiary/aromatic N) is 3. The summed E-state index contributed by atoms with van der Waals surface area (Å²) in [4.78, 5) is 48.6. The first kappa shape index (κ1) is 34.0. The van der Waals surface area contributed by atoms with Crippen LogP contribution in [-0.4, -0.2) is 91.7 Å². The Kier molecular flexibility index (Phi) is 19.4. The van der Waals surface area contributed by atoms with Gasteiger partial charge in [0.1, 0.15) is 5.82 Å². The molecule has 9 nitrogen and oxygen atoms in total. The number of nitrogens with one attached hydrogen (secondary N) is 1. The molecule has 0 unspecified atom stereocenters. The van der Waals surface area contributed by atoms with Crippen molar-refractivity contribution in [3.63, 3.8) is 0 Å². The average molecular weight is 524 g/mol. The maximum absolute atomic E-state index is 13.0. The number of halogens is 1. The molecule has 1 aliphatic rings. The van der Waals surface area contributed by atoms with Crippen molar-refractivity contribution in [2.24, 2.45) is 11.7 Å². The van der Waals surface area contributed by atoms with Gasteiger partial charge in [0.25, 0.3) is 0 Å². The number of rotatable bonds is 14. The van der Waals surface area contributed by atoms with Crippen LogP contribution in [0.3, 0.4) is 0 Å². The van der Waals surface area contributed by atoms with Crippen LogP contribution < -0.4 is 11.1 Å². The van der Waals surface area contributed by atoms with E-state index in [0.717, 1.165) is 50.9 Å². The van der Waals surface area contributed by atoms with Gasteiger partial charge in [-0.2, -0.15) is 0 Å². The summed E-state index contributed by atoms with van der Waals surface area (Å²) in [5.74, 6) is 0.436. The third-order valence-electron chi connectivity index (χ3n) is 5.63. The van der Waals surface area contributed by atoms with E-state index in [1.165, 1.54) is 11.0 Å². The standard InChI is InChI=1S/C16H29N3O3.C10H14FN.CH3NO/c1-4-18(9-6-10-19-8-5-7-15(19)21)16(22)12-17(13-20)11-14(2)3;1-2-12-8-7-9-5-3-4-6-10(9)11;2-1-3/h13-14H,4-12H2,1-3H3;3-6,12H,2,7-8H2,1H3;1H,(H2,2,3). The van der Waals surface area contributed by atoms with Gasteiger partial charge in [-0.3, -0.25) is 19.2 Å². The Labute approximate surface area is 221 Å². The van der Waals surface area contributed by atoms with E-state index in [4.69, 9.17) is 4.79 Å². The lowest BCUT2D eigenvalue weighted by atomic mass is 10.1. The van der Waals surface area contributed by atoms with E-state index in [2.05, 4.69) is 11.1 Å². The molecule has 1 aliphatic heterocycles. The van der Waals surface area contributed by atoms with Gasteiger partial charge in [-0.25, -0.2) is 4.39 Å². The van der Waals surface area contributed by atoms with Crippen molar-refractivity contribution in [1.29, 1.82) is 0 Å². The molecule has 0 spiro atoms. The first-order valence-electron chi connectivity index (χ1n) is 13.1. The average Bonchev–Trinajstić information content (AvgIpc) is 3.27. The molecule has 1 heterocycles. The molecule has 0 radical (unpaired) electrons. The second-order valence-electron chi connectivity index (χ2n) is 9.07. The van der Waals surface area contributed by atoms with Crippen LogP contribution in [0.4, 0.5) is 4.39 Å². The maximum atomic E-state index is 13.0. The summed E-state index contributed by atoms with van der Waals surface area (Å²) in [5, 5.41) is 3.16. The second-order valence-corrected chi connectivity index (χ2v) is 9.07. The normalized spacial score (nSPS) is 12.3. The highest BCUT2D eigenvalue weighted by atomic mass is 19.1. The van der Waals surface area contributed by atoms with E-state index >= 15 is 0 Å². The van der Waals surface area contributed by atoms with Crippen molar-refractivity contribution in [2.75, 3.05) is 52.4 Å². The summed E-state index contributed by atoms with van der Waals surface area (Å²) in [6, 6.07) is 6.91. The van der Waals surface area contributed by atoms with Gasteiger partial charge in [0, 0.05) is 39.1 Å². The number of hydrogen-bond donors (Lipinski definition) is 2. The smallest absolute Gasteiger partial charge is 0.242 e. The molecule has 0 saturated carbocycles. The zero-order valence-corrected chi connectivity index (χ0v) is 23.0. The summed E-state index contributed by atoms with van der Waals surface area (Å²) in [7, 11) is 0. The summed E-state index contributed by atoms with van der Waals surface area (Å²) in [6.45, 7) is 13.3. The van der Waals surface area contributed by atoms with E-state index < -0.39 is 0 Å². The molecule has 1 fully saturated rings. The van der Waals surface area contributed by atoms with Gasteiger partial charge in [0.05, 0.1) is 6.54 Å². The Morgan fingerprint density at radius 3 is 2.43 bits per heavy atom. The van der Waals surface area contributed by atoms with Gasteiger partial charge in [-0.1, -0.05) is 39.0 Å². The molecule has 4 amide bonds. The van der Waals surface area contributed by atoms with Crippen molar-refractivity contribution in [2.45, 2.75) is 53.4 Å². The monoisotopic (exact) mass is 523 g/mol. The number of carbonyl (C=O) groups is 4. The van der Waals surface area contributed by atoms with Crippen LogP contribution in [-0.2, 0) is 25.6 Å². The molecular weight excluding hydrogens is 477 g/mol. The Balaban J connectivity index is 0.000000722. The Hall–Kier alpha value is -3.01. The van der Waals surface area contributed by atoms with E-state index in [-0.39, 0.29) is 30.6 Å². The number of likely N-dealkylation sites (tertiary alicyclic amines) is 1. The van der Waals surface area contributed by atoms with Gasteiger partial charge in [0.2, 0.25) is 24.6 Å². The number of benzene rings is 1. The predicted octanol–water partition coefficient (Wildman–Crippen LogP) is 2.04. The van der Waals surface area contributed by atoms with Crippen molar-refractivity contribution in [1.82, 2.24) is 20.0 Å². The van der Waals surface area contributed by atoms with Crippen LogP contribution >= 0.6 is 0 Å². The molecule has 37 heavy (non-hydrogen) atoms. The van der Waals surface area contributed by atoms with E-state index in [1.807, 2.05) is 44.7 Å². The van der Waals surface area contributed by atoms with Crippen molar-refractivity contribution >= 4 is 24.6 Å². The van der Waals surface area contributed by atoms with Crippen LogP contribution in [0.25, 0.3) is 0 Å². The molecule has 2 rings (SSSR count). The topological polar surface area (TPSA) is 116 Å². The van der Waals surface area contributed by atoms with Crippen LogP contribution in [0.2, 0.25) is 0 Å². The SMILES string of the molecule is CCN(CCCN1CCCC1=O)C(=O)CN(C=O)CC(C)C.CCNCCc1ccccc1F.NC=O. The summed E-state index contributed by atoms with van der Waals surface area (Å²) in [5.41, 5.74) is 4.96. The van der Waals surface area contributed by atoms with Gasteiger partial charge < -0.3 is 25.8 Å². The zero-order valence-electron chi connectivity index (χ0n) is 23.0. The quantitative estimate of drug-likeness (QED) is 0.286. The molecule has 210 valence electrons. The first-order valence-corrected chi connectivity index (χ1v) is 13.1. The van der Waals surface area contributed by atoms with Gasteiger partial charge >= 0.3 is 0 Å². The fourth-order valence-electron chi connectivity index (χ4n) is 3.84. The first-order chi connectivity index (χ1) is 17.7. The lowest BCUT2D eigenvalue weighted by molar-refractivity contribution is -0.136. The number of likely N-dealkylation sites (N-methyl/N-ethyl adjacent to an activating group) is 2. The van der Waals surface area contributed by atoms with Gasteiger partial charge in [0.15, 0.2) is 0 Å². The summed E-state index contributed by atoms with van der Waals surface area (Å²) < 4.78 is 13.0. The van der Waals surface area contributed by atoms with E-state index in [0.29, 0.717) is 38.5 Å². The molecule has 0 aliphatic carbocycles. The predicted molar refractivity (Wildman–Crippen MR) is 144 cm³/mol. The van der Waals surface area contributed by atoms with Crippen LogP contribution in [0.15, 0.2) is 24.3 Å². The van der Waals surface area contributed by atoms with E-state index in [1.54, 1.807) is 11.0 Å². The van der Waals surface area contributed by atoms with Crippen molar-refractivity contribution in [3.8, 4) is 0 Å². The molecule has 0 bridgehead atoms. The largest absolute Gasteiger partial charge is 0.372 e. The van der Waals surface area contributed by atoms with Crippen LogP contribution in [0.1, 0.15) is 52.5 Å². The number of primary amides is 1. The summed E-state index contributed by atoms with van der Waals surface area (Å²) in [6.07, 6.45) is 4.14. The fraction of sp³-hybridized carbons (Fsp3) is 0.630. The Morgan fingerprint density at radius 2 is 1.92 bits per heavy atom. The summed E-state index contributed by atoms with van der Waals surface area (Å²) >= 11 is 0. The minimum absolute atomic E-state index is 0.0250. The Bertz CT molecular complexity index is 794. The molecule has 0 atom stereocenters. The van der Waals surface area contributed by atoms with E-state index in [9.17, 15) is 18.8 Å². The minimum Gasteiger partial charge on any atom is -0.372 e. The highest BCUT2D eigenvalue weighted by Crippen LogP contribution is 2.10. The van der Waals surface area contributed by atoms with Crippen molar-refractivity contribution < 1.29 is 23.6 Å². The second kappa shape index (κ2) is 21.1. The van der Waals surface area contributed by atoms with Gasteiger partial charge in [-0.15, -0.1) is 0 Å². The van der Waals surface area contributed by atoms with Crippen LogP contribution in [0.5, 0.6) is 0 Å². The highest BCUT2D eigenvalue weighted by Gasteiger charge is 2.20. The molecule has 1 aromatic rings. The minimum atomic E-state index is -0.101. The third-order valence-corrected chi connectivity index (χ3v) is 5.63. The number of nitrogens with two attached hydrogens (primary N) is 1. The molecule has 10 heteroatoms. The third kappa shape index (κ3) is 15.7. The van der Waals surface area contributed by atoms with Gasteiger partial charge in [-0.05, 0) is 56.8 Å². The molecule has 1 saturated heterocycles. The molecule has 1 aromatic carbocycles. The van der Waals surface area contributed by atoms with Crippen molar-refractivity contribution in [3.05, 3.63) is 35.6 Å². The number of amides is 4. The zero-order chi connectivity index (χ0) is 28.1. The fourth-order valence-corrected chi connectivity index (χ4v) is 3.84. The Morgan fingerprint density at radius 1 is 1.24 bits per heavy atom. The highest BCUT2D eigenvalue weighted by molar-refractivity contribution is 5.80. The number of carbonyl (C=O) groups excluding carboxylic acids is 4. The lowest BCUT2D eigenvalue weighted by Gasteiger charge is -2.26.